The molecule has 0 fully saturated rings. The molecular formula is C20H28IN3O. The van der Waals surface area contributed by atoms with Crippen LogP contribution in [0.25, 0.3) is 0 Å². The second-order valence-corrected chi connectivity index (χ2v) is 5.84. The summed E-state index contributed by atoms with van der Waals surface area (Å²) < 4.78 is 5.38. The molecule has 0 saturated heterocycles. The minimum atomic E-state index is 0. The zero-order chi connectivity index (χ0) is 17.4. The van der Waals surface area contributed by atoms with E-state index in [0.717, 1.165) is 31.2 Å². The third-order valence-corrected chi connectivity index (χ3v) is 4.05. The van der Waals surface area contributed by atoms with E-state index < -0.39 is 0 Å². The molecule has 0 spiro atoms. The lowest BCUT2D eigenvalue weighted by molar-refractivity contribution is 0.409. The first-order valence-corrected chi connectivity index (χ1v) is 8.26. The van der Waals surface area contributed by atoms with Crippen molar-refractivity contribution >= 4 is 29.9 Å². The maximum absolute atomic E-state index is 5.38. The van der Waals surface area contributed by atoms with Crippen LogP contribution in [0.4, 0.5) is 0 Å². The Morgan fingerprint density at radius 1 is 1.04 bits per heavy atom. The summed E-state index contributed by atoms with van der Waals surface area (Å²) in [5.41, 5.74) is 5.06. The number of hydrogen-bond donors (Lipinski definition) is 2. The van der Waals surface area contributed by atoms with E-state index in [-0.39, 0.29) is 24.0 Å². The van der Waals surface area contributed by atoms with Crippen molar-refractivity contribution in [1.29, 1.82) is 0 Å². The second-order valence-electron chi connectivity index (χ2n) is 5.84. The first-order chi connectivity index (χ1) is 11.6. The number of nitrogens with zero attached hydrogens (tertiary/aromatic N) is 1. The van der Waals surface area contributed by atoms with Crippen molar-refractivity contribution in [3.8, 4) is 5.75 Å². The molecule has 0 atom stereocenters. The topological polar surface area (TPSA) is 45.7 Å². The Labute approximate surface area is 168 Å². The molecular weight excluding hydrogens is 425 g/mol. The summed E-state index contributed by atoms with van der Waals surface area (Å²) in [5.74, 6) is 1.74. The summed E-state index contributed by atoms with van der Waals surface area (Å²) in [4.78, 5) is 4.29. The number of methoxy groups -OCH3 is 1. The van der Waals surface area contributed by atoms with Gasteiger partial charge in [-0.05, 0) is 43.0 Å². The second kappa shape index (κ2) is 11.0. The number of rotatable bonds is 6. The largest absolute Gasteiger partial charge is 0.496 e. The van der Waals surface area contributed by atoms with Crippen LogP contribution < -0.4 is 15.4 Å². The van der Waals surface area contributed by atoms with Crippen LogP contribution in [-0.2, 0) is 13.0 Å². The Hall–Kier alpha value is -1.76. The van der Waals surface area contributed by atoms with Gasteiger partial charge in [-0.25, -0.2) is 0 Å². The highest BCUT2D eigenvalue weighted by Gasteiger charge is 2.04. The summed E-state index contributed by atoms with van der Waals surface area (Å²) in [5, 5.41) is 6.72. The number of aryl methyl sites for hydroxylation is 2. The van der Waals surface area contributed by atoms with Crippen LogP contribution in [0.5, 0.6) is 5.75 Å². The maximum atomic E-state index is 5.38. The zero-order valence-electron chi connectivity index (χ0n) is 15.4. The van der Waals surface area contributed by atoms with Crippen LogP contribution in [0.3, 0.4) is 0 Å². The highest BCUT2D eigenvalue weighted by molar-refractivity contribution is 14.0. The summed E-state index contributed by atoms with van der Waals surface area (Å²) in [6.45, 7) is 5.82. The third-order valence-electron chi connectivity index (χ3n) is 4.05. The zero-order valence-corrected chi connectivity index (χ0v) is 17.8. The fourth-order valence-corrected chi connectivity index (χ4v) is 2.67. The van der Waals surface area contributed by atoms with Gasteiger partial charge in [-0.15, -0.1) is 24.0 Å². The SMILES string of the molecule is CN=C(NCCc1ccccc1OC)NCc1ccc(C)cc1C.I. The maximum Gasteiger partial charge on any atom is 0.191 e. The van der Waals surface area contributed by atoms with Gasteiger partial charge in [0.15, 0.2) is 5.96 Å². The molecule has 0 amide bonds. The van der Waals surface area contributed by atoms with E-state index in [1.807, 2.05) is 18.2 Å². The minimum absolute atomic E-state index is 0. The van der Waals surface area contributed by atoms with Crippen molar-refractivity contribution in [3.05, 3.63) is 64.7 Å². The molecule has 0 bridgehead atoms. The van der Waals surface area contributed by atoms with E-state index in [0.29, 0.717) is 0 Å². The fraction of sp³-hybridized carbons (Fsp3) is 0.350. The molecule has 0 aliphatic heterocycles. The predicted molar refractivity (Wildman–Crippen MR) is 116 cm³/mol. The normalized spacial score (nSPS) is 10.8. The van der Waals surface area contributed by atoms with E-state index in [1.54, 1.807) is 14.2 Å². The van der Waals surface area contributed by atoms with Gasteiger partial charge in [0.25, 0.3) is 0 Å². The van der Waals surface area contributed by atoms with Crippen molar-refractivity contribution in [3.63, 3.8) is 0 Å². The highest BCUT2D eigenvalue weighted by Crippen LogP contribution is 2.17. The summed E-state index contributed by atoms with van der Waals surface area (Å²) in [6.07, 6.45) is 0.883. The molecule has 0 aliphatic rings. The van der Waals surface area contributed by atoms with E-state index in [9.17, 15) is 0 Å². The van der Waals surface area contributed by atoms with E-state index in [1.165, 1.54) is 22.3 Å². The average molecular weight is 453 g/mol. The van der Waals surface area contributed by atoms with Crippen LogP contribution >= 0.6 is 24.0 Å². The number of guanidine groups is 1. The van der Waals surface area contributed by atoms with Gasteiger partial charge in [-0.1, -0.05) is 42.0 Å². The lowest BCUT2D eigenvalue weighted by Crippen LogP contribution is -2.38. The Morgan fingerprint density at radius 3 is 2.48 bits per heavy atom. The molecule has 2 N–H and O–H groups in total. The number of para-hydroxylation sites is 1. The highest BCUT2D eigenvalue weighted by atomic mass is 127. The van der Waals surface area contributed by atoms with Gasteiger partial charge < -0.3 is 15.4 Å². The number of hydrogen-bond acceptors (Lipinski definition) is 2. The monoisotopic (exact) mass is 453 g/mol. The molecule has 25 heavy (non-hydrogen) atoms. The van der Waals surface area contributed by atoms with Gasteiger partial charge in [0.1, 0.15) is 5.75 Å². The third kappa shape index (κ3) is 6.57. The number of ether oxygens (including phenoxy) is 1. The molecule has 0 unspecified atom stereocenters. The molecule has 136 valence electrons. The lowest BCUT2D eigenvalue weighted by atomic mass is 10.1. The van der Waals surface area contributed by atoms with Crippen LogP contribution in [0.15, 0.2) is 47.5 Å². The molecule has 4 nitrogen and oxygen atoms in total. The molecule has 2 aromatic rings. The van der Waals surface area contributed by atoms with Gasteiger partial charge in [-0.3, -0.25) is 4.99 Å². The van der Waals surface area contributed by atoms with Crippen LogP contribution in [0.2, 0.25) is 0 Å². The Balaban J connectivity index is 0.00000312. The lowest BCUT2D eigenvalue weighted by Gasteiger charge is -2.14. The number of nitrogens with one attached hydrogen (secondary N) is 2. The summed E-state index contributed by atoms with van der Waals surface area (Å²) >= 11 is 0. The molecule has 2 rings (SSSR count). The molecule has 0 heterocycles. The number of aliphatic imine (C=N–C) groups is 1. The van der Waals surface area contributed by atoms with Crippen LogP contribution in [0.1, 0.15) is 22.3 Å². The van der Waals surface area contributed by atoms with E-state index >= 15 is 0 Å². The summed E-state index contributed by atoms with van der Waals surface area (Å²) in [7, 11) is 3.50. The van der Waals surface area contributed by atoms with Crippen molar-refractivity contribution in [2.75, 3.05) is 20.7 Å². The average Bonchev–Trinajstić information content (AvgIpc) is 2.59. The van der Waals surface area contributed by atoms with Crippen LogP contribution in [0, 0.1) is 13.8 Å². The van der Waals surface area contributed by atoms with E-state index in [2.05, 4.69) is 53.7 Å². The first-order valence-electron chi connectivity index (χ1n) is 8.26. The Kier molecular flexibility index (Phi) is 9.34. The molecule has 0 radical (unpaired) electrons. The van der Waals surface area contributed by atoms with Gasteiger partial charge >= 0.3 is 0 Å². The Morgan fingerprint density at radius 2 is 1.80 bits per heavy atom. The standard InChI is InChI=1S/C20H27N3O.HI/c1-15-9-10-18(16(2)13-15)14-23-20(21-3)22-12-11-17-7-5-6-8-19(17)24-4;/h5-10,13H,11-12,14H2,1-4H3,(H2,21,22,23);1H. The molecule has 2 aromatic carbocycles. The quantitative estimate of drug-likeness (QED) is 0.397. The Bertz CT molecular complexity index is 701. The van der Waals surface area contributed by atoms with Crippen molar-refractivity contribution < 1.29 is 4.74 Å². The van der Waals surface area contributed by atoms with Gasteiger partial charge in [0, 0.05) is 20.1 Å². The van der Waals surface area contributed by atoms with Gasteiger partial charge in [0.05, 0.1) is 7.11 Å². The van der Waals surface area contributed by atoms with Gasteiger partial charge in [0.2, 0.25) is 0 Å². The van der Waals surface area contributed by atoms with Crippen molar-refractivity contribution in [1.82, 2.24) is 10.6 Å². The fourth-order valence-electron chi connectivity index (χ4n) is 2.67. The molecule has 5 heteroatoms. The van der Waals surface area contributed by atoms with Crippen LogP contribution in [-0.4, -0.2) is 26.7 Å². The first kappa shape index (κ1) is 21.3. The molecule has 0 aliphatic carbocycles. The number of halogens is 1. The smallest absolute Gasteiger partial charge is 0.191 e. The van der Waals surface area contributed by atoms with Crippen molar-refractivity contribution in [2.45, 2.75) is 26.8 Å². The molecule has 0 saturated carbocycles. The summed E-state index contributed by atoms with van der Waals surface area (Å²) in [6, 6.07) is 14.6. The van der Waals surface area contributed by atoms with E-state index in [4.69, 9.17) is 4.74 Å². The number of benzene rings is 2. The molecule has 0 aromatic heterocycles. The minimum Gasteiger partial charge on any atom is -0.496 e. The predicted octanol–water partition coefficient (Wildman–Crippen LogP) is 3.84. The van der Waals surface area contributed by atoms with Gasteiger partial charge in [-0.2, -0.15) is 0 Å². The van der Waals surface area contributed by atoms with Crippen molar-refractivity contribution in [2.24, 2.45) is 4.99 Å².